The molecule has 1 aromatic carbocycles. The molecule has 1 aliphatic heterocycles. The van der Waals surface area contributed by atoms with Crippen LogP contribution in [0, 0.1) is 0 Å². The number of aromatic hydroxyl groups is 1. The van der Waals surface area contributed by atoms with Crippen LogP contribution in [0.4, 0.5) is 10.2 Å². The van der Waals surface area contributed by atoms with E-state index in [1.807, 2.05) is 0 Å². The number of amides is 1. The second-order valence-corrected chi connectivity index (χ2v) is 9.74. The van der Waals surface area contributed by atoms with Crippen molar-refractivity contribution >= 4 is 33.2 Å². The first-order valence-electron chi connectivity index (χ1n) is 12.1. The zero-order valence-corrected chi connectivity index (χ0v) is 22.5. The smallest absolute Gasteiger partial charge is 0.362 e. The number of rotatable bonds is 9. The van der Waals surface area contributed by atoms with Crippen LogP contribution in [0.15, 0.2) is 36.9 Å². The molecule has 3 heterocycles. The molecule has 5 N–H and O–H groups in total. The summed E-state index contributed by atoms with van der Waals surface area (Å²) in [5.74, 6) is -1.51. The standard InChI is InChI=1S/C17H17FN6O7S.C6H15N/c18-11-13(26)10(31-17(11)24-7-22-12-14(19)20-6-21-15(12)24)5-30-32(28,29)23-16(27)8-3-1-2-4-9(8)25;1-4-7(5-2)6-3/h1-4,6-7,10-11,13,17,25-26H,5H2,(H,23,27)(H2,19,20,21);4-6H2,1-3H3/t10-,11?,13?,17-;/m1./s1. The molecule has 16 heteroatoms. The molecule has 0 spiro atoms. The molecule has 1 saturated heterocycles. The van der Waals surface area contributed by atoms with Gasteiger partial charge in [0.25, 0.3) is 5.91 Å². The third-order valence-electron chi connectivity index (χ3n) is 6.05. The highest BCUT2D eigenvalue weighted by Crippen LogP contribution is 2.34. The van der Waals surface area contributed by atoms with Gasteiger partial charge in [0.1, 0.15) is 29.8 Å². The highest BCUT2D eigenvalue weighted by Gasteiger charge is 2.46. The molecule has 0 aliphatic carbocycles. The van der Waals surface area contributed by atoms with Crippen molar-refractivity contribution < 1.29 is 36.7 Å². The Bertz CT molecular complexity index is 1360. The number of halogens is 1. The summed E-state index contributed by atoms with van der Waals surface area (Å²) in [4.78, 5) is 26.2. The van der Waals surface area contributed by atoms with Crippen molar-refractivity contribution in [3.63, 3.8) is 0 Å². The molecule has 1 amide bonds. The summed E-state index contributed by atoms with van der Waals surface area (Å²) in [6.45, 7) is 9.32. The van der Waals surface area contributed by atoms with Crippen molar-refractivity contribution in [2.45, 2.75) is 45.4 Å². The third kappa shape index (κ3) is 7.15. The van der Waals surface area contributed by atoms with E-state index in [0.29, 0.717) is 0 Å². The van der Waals surface area contributed by atoms with Gasteiger partial charge in [-0.25, -0.2) is 24.1 Å². The van der Waals surface area contributed by atoms with E-state index in [-0.39, 0.29) is 22.5 Å². The maximum atomic E-state index is 14.7. The number of nitrogens with one attached hydrogen (secondary N) is 1. The number of aromatic nitrogens is 4. The van der Waals surface area contributed by atoms with Gasteiger partial charge in [0, 0.05) is 0 Å². The fourth-order valence-corrected chi connectivity index (χ4v) is 4.52. The highest BCUT2D eigenvalue weighted by molar-refractivity contribution is 7.85. The first kappa shape index (κ1) is 30.1. The number of alkyl halides is 1. The number of ether oxygens (including phenoxy) is 1. The average molecular weight is 570 g/mol. The largest absolute Gasteiger partial charge is 0.507 e. The predicted molar refractivity (Wildman–Crippen MR) is 138 cm³/mol. The fraction of sp³-hybridized carbons (Fsp3) is 0.478. The maximum Gasteiger partial charge on any atom is 0.362 e. The van der Waals surface area contributed by atoms with Crippen molar-refractivity contribution in [1.29, 1.82) is 0 Å². The number of hydrogen-bond donors (Lipinski definition) is 4. The number of phenols is 1. The zero-order valence-electron chi connectivity index (χ0n) is 21.6. The lowest BCUT2D eigenvalue weighted by molar-refractivity contribution is -0.0405. The van der Waals surface area contributed by atoms with Gasteiger partial charge in [-0.15, -0.1) is 0 Å². The normalized spacial score (nSPS) is 21.1. The van der Waals surface area contributed by atoms with Crippen LogP contribution in [0.1, 0.15) is 37.4 Å². The van der Waals surface area contributed by atoms with Gasteiger partial charge in [-0.05, 0) is 31.8 Å². The SMILES string of the molecule is CCN(CC)CC.Nc1ncnc2c1ncn2[C@@H]1O[C@H](COS(=O)(=O)NC(=O)c2ccccc2O)C(O)C1F. The number of hydrogen-bond acceptors (Lipinski definition) is 12. The van der Waals surface area contributed by atoms with Crippen molar-refractivity contribution in [3.8, 4) is 5.75 Å². The van der Waals surface area contributed by atoms with Crippen LogP contribution in [0.25, 0.3) is 11.2 Å². The molecule has 3 aromatic rings. The zero-order chi connectivity index (χ0) is 28.7. The monoisotopic (exact) mass is 569 g/mol. The summed E-state index contributed by atoms with van der Waals surface area (Å²) in [6.07, 6.45) is -4.17. The first-order chi connectivity index (χ1) is 18.5. The summed E-state index contributed by atoms with van der Waals surface area (Å²) in [5, 5.41) is 19.8. The van der Waals surface area contributed by atoms with E-state index >= 15 is 0 Å². The summed E-state index contributed by atoms with van der Waals surface area (Å²) < 4.78 is 51.8. The number of phenolic OH excluding ortho intramolecular Hbond substituents is 1. The van der Waals surface area contributed by atoms with Crippen molar-refractivity contribution in [2.24, 2.45) is 0 Å². The molecular weight excluding hydrogens is 537 g/mol. The highest BCUT2D eigenvalue weighted by atomic mass is 32.2. The molecule has 214 valence electrons. The van der Waals surface area contributed by atoms with Gasteiger partial charge in [-0.3, -0.25) is 13.5 Å². The van der Waals surface area contributed by atoms with E-state index < -0.39 is 53.2 Å². The summed E-state index contributed by atoms with van der Waals surface area (Å²) in [6, 6.07) is 5.27. The average Bonchev–Trinajstić information content (AvgIpc) is 3.46. The van der Waals surface area contributed by atoms with Crippen LogP contribution in [-0.4, -0.2) is 93.6 Å². The van der Waals surface area contributed by atoms with Crippen molar-refractivity contribution in [1.82, 2.24) is 29.1 Å². The Kier molecular flexibility index (Phi) is 10.1. The minimum Gasteiger partial charge on any atom is -0.507 e. The van der Waals surface area contributed by atoms with Gasteiger partial charge in [0.2, 0.25) is 0 Å². The molecule has 14 nitrogen and oxygen atoms in total. The van der Waals surface area contributed by atoms with Crippen LogP contribution >= 0.6 is 0 Å². The molecule has 1 aliphatic rings. The third-order valence-corrected chi connectivity index (χ3v) is 6.93. The van der Waals surface area contributed by atoms with Gasteiger partial charge in [0.05, 0.1) is 18.5 Å². The Labute approximate surface area is 224 Å². The number of fused-ring (bicyclic) bond motifs is 1. The lowest BCUT2D eigenvalue weighted by Crippen LogP contribution is -2.37. The van der Waals surface area contributed by atoms with Gasteiger partial charge >= 0.3 is 10.3 Å². The Hall–Kier alpha value is -3.44. The van der Waals surface area contributed by atoms with Crippen LogP contribution in [0.3, 0.4) is 0 Å². The lowest BCUT2D eigenvalue weighted by atomic mass is 10.1. The van der Waals surface area contributed by atoms with Gasteiger partial charge in [-0.1, -0.05) is 32.9 Å². The van der Waals surface area contributed by atoms with E-state index in [9.17, 15) is 27.8 Å². The molecule has 1 fully saturated rings. The van der Waals surface area contributed by atoms with Crippen LogP contribution < -0.4 is 10.5 Å². The van der Waals surface area contributed by atoms with E-state index in [0.717, 1.165) is 6.33 Å². The van der Waals surface area contributed by atoms with E-state index in [1.54, 1.807) is 4.72 Å². The molecule has 4 atom stereocenters. The van der Waals surface area contributed by atoms with Gasteiger partial charge in [0.15, 0.2) is 23.9 Å². The number of aliphatic hydroxyl groups excluding tert-OH is 1. The van der Waals surface area contributed by atoms with E-state index in [1.165, 1.54) is 54.8 Å². The van der Waals surface area contributed by atoms with Crippen LogP contribution in [0.2, 0.25) is 0 Å². The maximum absolute atomic E-state index is 14.7. The number of anilines is 1. The number of nitrogens with zero attached hydrogens (tertiary/aromatic N) is 5. The molecule has 2 aromatic heterocycles. The molecule has 0 saturated carbocycles. The summed E-state index contributed by atoms with van der Waals surface area (Å²) >= 11 is 0. The number of benzene rings is 1. The second-order valence-electron chi connectivity index (χ2n) is 8.39. The molecule has 2 unspecified atom stereocenters. The minimum atomic E-state index is -4.67. The number of aliphatic hydroxyl groups is 1. The van der Waals surface area contributed by atoms with Crippen molar-refractivity contribution in [3.05, 3.63) is 42.5 Å². The molecule has 0 radical (unpaired) electrons. The summed E-state index contributed by atoms with van der Waals surface area (Å²) in [7, 11) is -4.67. The summed E-state index contributed by atoms with van der Waals surface area (Å²) in [5.41, 5.74) is 5.75. The van der Waals surface area contributed by atoms with Crippen molar-refractivity contribution in [2.75, 3.05) is 32.0 Å². The number of nitrogen functional groups attached to an aromatic ring is 1. The fourth-order valence-electron chi connectivity index (χ4n) is 3.81. The number of para-hydroxylation sites is 1. The predicted octanol–water partition coefficient (Wildman–Crippen LogP) is 0.750. The quantitative estimate of drug-likeness (QED) is 0.283. The molecular formula is C23H32FN7O7S. The number of carbonyl (C=O) groups is 1. The molecule has 0 bridgehead atoms. The van der Waals surface area contributed by atoms with E-state index in [2.05, 4.69) is 44.8 Å². The first-order valence-corrected chi connectivity index (χ1v) is 13.6. The van der Waals surface area contributed by atoms with Gasteiger partial charge < -0.3 is 25.6 Å². The van der Waals surface area contributed by atoms with Crippen LogP contribution in [0.5, 0.6) is 5.75 Å². The molecule has 39 heavy (non-hydrogen) atoms. The number of imidazole rings is 1. The van der Waals surface area contributed by atoms with Gasteiger partial charge in [-0.2, -0.15) is 8.42 Å². The Balaban J connectivity index is 0.000000532. The minimum absolute atomic E-state index is 0.0638. The topological polar surface area (TPSA) is 195 Å². The number of nitrogens with two attached hydrogens (primary N) is 1. The number of carbonyl (C=O) groups excluding carboxylic acids is 1. The molecule has 4 rings (SSSR count). The van der Waals surface area contributed by atoms with E-state index in [4.69, 9.17) is 10.5 Å². The Morgan fingerprint density at radius 1 is 1.21 bits per heavy atom. The van der Waals surface area contributed by atoms with Crippen LogP contribution in [-0.2, 0) is 19.2 Å². The Morgan fingerprint density at radius 3 is 2.49 bits per heavy atom. The Morgan fingerprint density at radius 2 is 1.87 bits per heavy atom. The second kappa shape index (κ2) is 13.1. The lowest BCUT2D eigenvalue weighted by Gasteiger charge is -2.15.